The van der Waals surface area contributed by atoms with Gasteiger partial charge in [-0.15, -0.1) is 0 Å². The third-order valence-electron chi connectivity index (χ3n) is 5.65. The number of halogens is 3. The Morgan fingerprint density at radius 2 is 1.88 bits per heavy atom. The second-order valence-electron chi connectivity index (χ2n) is 8.15. The van der Waals surface area contributed by atoms with Crippen molar-refractivity contribution in [2.75, 3.05) is 19.6 Å². The van der Waals surface area contributed by atoms with Gasteiger partial charge >= 0.3 is 11.9 Å². The summed E-state index contributed by atoms with van der Waals surface area (Å²) in [6, 6.07) is 3.87. The Labute approximate surface area is 194 Å². The highest BCUT2D eigenvalue weighted by Crippen LogP contribution is 2.29. The van der Waals surface area contributed by atoms with E-state index < -0.39 is 28.9 Å². The van der Waals surface area contributed by atoms with Crippen LogP contribution in [0.5, 0.6) is 0 Å². The SMILES string of the molecule is CCCCn1cc(C(=O)NCCCN2CCCC2=O)c(=O)n(-c2cccc(C(F)(F)F)c2)c1=O. The van der Waals surface area contributed by atoms with Gasteiger partial charge in [0.15, 0.2) is 0 Å². The minimum atomic E-state index is -4.66. The summed E-state index contributed by atoms with van der Waals surface area (Å²) in [7, 11) is 0. The van der Waals surface area contributed by atoms with Crippen molar-refractivity contribution in [2.24, 2.45) is 0 Å². The number of likely N-dealkylation sites (tertiary alicyclic amines) is 1. The normalized spacial score (nSPS) is 14.0. The molecule has 11 heteroatoms. The van der Waals surface area contributed by atoms with Crippen molar-refractivity contribution in [1.82, 2.24) is 19.4 Å². The third kappa shape index (κ3) is 5.75. The summed E-state index contributed by atoms with van der Waals surface area (Å²) >= 11 is 0. The fourth-order valence-electron chi connectivity index (χ4n) is 3.80. The van der Waals surface area contributed by atoms with Gasteiger partial charge < -0.3 is 10.2 Å². The number of unbranched alkanes of at least 4 members (excludes halogenated alkanes) is 1. The van der Waals surface area contributed by atoms with Gasteiger partial charge in [-0.1, -0.05) is 19.4 Å². The van der Waals surface area contributed by atoms with E-state index in [1.807, 2.05) is 6.92 Å². The van der Waals surface area contributed by atoms with E-state index in [2.05, 4.69) is 5.32 Å². The maximum Gasteiger partial charge on any atom is 0.416 e. The highest BCUT2D eigenvalue weighted by Gasteiger charge is 2.31. The van der Waals surface area contributed by atoms with Gasteiger partial charge in [0.1, 0.15) is 5.56 Å². The van der Waals surface area contributed by atoms with Gasteiger partial charge in [-0.25, -0.2) is 9.36 Å². The molecule has 1 aliphatic heterocycles. The summed E-state index contributed by atoms with van der Waals surface area (Å²) < 4.78 is 41.3. The van der Waals surface area contributed by atoms with Crippen LogP contribution < -0.4 is 16.6 Å². The van der Waals surface area contributed by atoms with E-state index in [4.69, 9.17) is 0 Å². The number of nitrogens with one attached hydrogen (secondary N) is 1. The molecule has 8 nitrogen and oxygen atoms in total. The smallest absolute Gasteiger partial charge is 0.352 e. The van der Waals surface area contributed by atoms with Crippen LogP contribution in [-0.4, -0.2) is 45.5 Å². The summed E-state index contributed by atoms with van der Waals surface area (Å²) in [6.45, 7) is 3.44. The second kappa shape index (κ2) is 10.7. The fourth-order valence-corrected chi connectivity index (χ4v) is 3.80. The molecular weight excluding hydrogens is 453 g/mol. The standard InChI is InChI=1S/C23H27F3N4O4/c1-2-3-11-29-15-18(20(32)27-10-6-13-28-12-5-9-19(28)31)21(33)30(22(29)34)17-8-4-7-16(14-17)23(24,25)26/h4,7-8,14-15H,2-3,5-6,9-13H2,1H3,(H,27,32). The van der Waals surface area contributed by atoms with E-state index in [0.29, 0.717) is 43.0 Å². The number of amides is 2. The summed E-state index contributed by atoms with van der Waals surface area (Å²) in [4.78, 5) is 52.2. The predicted octanol–water partition coefficient (Wildman–Crippen LogP) is 2.56. The van der Waals surface area contributed by atoms with E-state index in [0.717, 1.165) is 31.2 Å². The Bertz CT molecular complexity index is 1170. The van der Waals surface area contributed by atoms with Gasteiger partial charge in [0, 0.05) is 38.8 Å². The number of benzene rings is 1. The van der Waals surface area contributed by atoms with Crippen LogP contribution in [-0.2, 0) is 17.5 Å². The molecule has 184 valence electrons. The summed E-state index contributed by atoms with van der Waals surface area (Å²) in [5.74, 6) is -0.665. The van der Waals surface area contributed by atoms with E-state index in [9.17, 15) is 32.3 Å². The predicted molar refractivity (Wildman–Crippen MR) is 119 cm³/mol. The van der Waals surface area contributed by atoms with E-state index in [-0.39, 0.29) is 30.2 Å². The van der Waals surface area contributed by atoms with Gasteiger partial charge in [0.25, 0.3) is 11.5 Å². The van der Waals surface area contributed by atoms with Crippen LogP contribution in [0.2, 0.25) is 0 Å². The number of nitrogens with zero attached hydrogens (tertiary/aromatic N) is 3. The highest BCUT2D eigenvalue weighted by molar-refractivity contribution is 5.93. The Hall–Kier alpha value is -3.37. The quantitative estimate of drug-likeness (QED) is 0.559. The monoisotopic (exact) mass is 480 g/mol. The molecule has 0 spiro atoms. The van der Waals surface area contributed by atoms with Crippen molar-refractivity contribution in [3.05, 3.63) is 62.4 Å². The molecule has 0 atom stereocenters. The van der Waals surface area contributed by atoms with Crippen LogP contribution in [0.25, 0.3) is 5.69 Å². The van der Waals surface area contributed by atoms with Crippen molar-refractivity contribution in [1.29, 1.82) is 0 Å². The molecule has 1 aliphatic rings. The molecule has 0 unspecified atom stereocenters. The lowest BCUT2D eigenvalue weighted by atomic mass is 10.2. The molecular formula is C23H27F3N4O4. The third-order valence-corrected chi connectivity index (χ3v) is 5.65. The Kier molecular flexibility index (Phi) is 7.95. The number of alkyl halides is 3. The van der Waals surface area contributed by atoms with Gasteiger partial charge in [0.2, 0.25) is 5.91 Å². The fraction of sp³-hybridized carbons (Fsp3) is 0.478. The summed E-state index contributed by atoms with van der Waals surface area (Å²) in [6.07, 6.45) is -0.400. The molecule has 2 amide bonds. The number of carbonyl (C=O) groups excluding carboxylic acids is 2. The number of carbonyl (C=O) groups is 2. The second-order valence-corrected chi connectivity index (χ2v) is 8.15. The van der Waals surface area contributed by atoms with Gasteiger partial charge in [0.05, 0.1) is 11.3 Å². The average Bonchev–Trinajstić information content (AvgIpc) is 3.20. The first-order chi connectivity index (χ1) is 16.1. The molecule has 34 heavy (non-hydrogen) atoms. The van der Waals surface area contributed by atoms with Gasteiger partial charge in [-0.2, -0.15) is 13.2 Å². The molecule has 1 aromatic heterocycles. The lowest BCUT2D eigenvalue weighted by molar-refractivity contribution is -0.137. The van der Waals surface area contributed by atoms with Crippen LogP contribution in [0.3, 0.4) is 0 Å². The van der Waals surface area contributed by atoms with Crippen LogP contribution >= 0.6 is 0 Å². The minimum Gasteiger partial charge on any atom is -0.352 e. The van der Waals surface area contributed by atoms with Crippen molar-refractivity contribution in [3.63, 3.8) is 0 Å². The Morgan fingerprint density at radius 3 is 2.53 bits per heavy atom. The average molecular weight is 480 g/mol. The first-order valence-electron chi connectivity index (χ1n) is 11.2. The summed E-state index contributed by atoms with van der Waals surface area (Å²) in [5, 5.41) is 2.61. The number of hydrogen-bond acceptors (Lipinski definition) is 4. The number of hydrogen-bond donors (Lipinski definition) is 1. The molecule has 3 rings (SSSR count). The van der Waals surface area contributed by atoms with Crippen molar-refractivity contribution >= 4 is 11.8 Å². The molecule has 2 aromatic rings. The zero-order valence-corrected chi connectivity index (χ0v) is 18.9. The van der Waals surface area contributed by atoms with Crippen molar-refractivity contribution in [3.8, 4) is 5.69 Å². The Balaban J connectivity index is 1.90. The topological polar surface area (TPSA) is 93.4 Å². The van der Waals surface area contributed by atoms with Crippen LogP contribution in [0.1, 0.15) is 54.9 Å². The number of aromatic nitrogens is 2. The Morgan fingerprint density at radius 1 is 1.12 bits per heavy atom. The lowest BCUT2D eigenvalue weighted by Gasteiger charge is -2.16. The molecule has 1 fully saturated rings. The summed E-state index contributed by atoms with van der Waals surface area (Å²) in [5.41, 5.74) is -3.43. The first-order valence-corrected chi connectivity index (χ1v) is 11.2. The zero-order chi connectivity index (χ0) is 24.9. The van der Waals surface area contributed by atoms with Gasteiger partial charge in [-0.3, -0.25) is 19.0 Å². The van der Waals surface area contributed by atoms with Crippen LogP contribution in [0, 0.1) is 0 Å². The molecule has 0 saturated carbocycles. The van der Waals surface area contributed by atoms with E-state index >= 15 is 0 Å². The maximum absolute atomic E-state index is 13.2. The maximum atomic E-state index is 13.2. The van der Waals surface area contributed by atoms with Crippen molar-refractivity contribution in [2.45, 2.75) is 51.7 Å². The zero-order valence-electron chi connectivity index (χ0n) is 18.9. The molecule has 0 radical (unpaired) electrons. The molecule has 0 bridgehead atoms. The lowest BCUT2D eigenvalue weighted by Crippen LogP contribution is -2.43. The molecule has 1 aromatic carbocycles. The highest BCUT2D eigenvalue weighted by atomic mass is 19.4. The van der Waals surface area contributed by atoms with E-state index in [1.165, 1.54) is 10.6 Å². The van der Waals surface area contributed by atoms with E-state index in [1.54, 1.807) is 4.90 Å². The number of rotatable bonds is 9. The molecule has 2 heterocycles. The molecule has 1 saturated heterocycles. The van der Waals surface area contributed by atoms with Crippen LogP contribution in [0.15, 0.2) is 40.1 Å². The molecule has 0 aliphatic carbocycles. The molecule has 1 N–H and O–H groups in total. The van der Waals surface area contributed by atoms with Crippen LogP contribution in [0.4, 0.5) is 13.2 Å². The van der Waals surface area contributed by atoms with Crippen molar-refractivity contribution < 1.29 is 22.8 Å². The largest absolute Gasteiger partial charge is 0.416 e. The van der Waals surface area contributed by atoms with Gasteiger partial charge in [-0.05, 0) is 37.5 Å². The number of aryl methyl sites for hydroxylation is 1. The minimum absolute atomic E-state index is 0.0679. The first kappa shape index (κ1) is 25.3.